The maximum Gasteiger partial charge on any atom is 0.225 e. The van der Waals surface area contributed by atoms with Crippen LogP contribution in [0.15, 0.2) is 36.8 Å². The summed E-state index contributed by atoms with van der Waals surface area (Å²) in [6.45, 7) is 7.84. The van der Waals surface area contributed by atoms with Gasteiger partial charge in [0.15, 0.2) is 0 Å². The van der Waals surface area contributed by atoms with Crippen molar-refractivity contribution in [2.75, 3.05) is 36.0 Å². The van der Waals surface area contributed by atoms with Crippen LogP contribution in [0.1, 0.15) is 24.8 Å². The Morgan fingerprint density at radius 2 is 1.65 bits per heavy atom. The average molecular weight is 367 g/mol. The van der Waals surface area contributed by atoms with E-state index in [1.165, 1.54) is 0 Å². The van der Waals surface area contributed by atoms with Crippen LogP contribution in [0.4, 0.5) is 11.1 Å². The third-order valence-electron chi connectivity index (χ3n) is 4.38. The Morgan fingerprint density at radius 1 is 0.923 bits per heavy atom. The van der Waals surface area contributed by atoms with Gasteiger partial charge < -0.3 is 9.80 Å². The van der Waals surface area contributed by atoms with Gasteiger partial charge in [0.1, 0.15) is 5.01 Å². The largest absolute Gasteiger partial charge is 0.343 e. The normalized spacial score (nSPS) is 14.9. The molecule has 0 unspecified atom stereocenters. The molecule has 0 aromatic carbocycles. The molecule has 134 valence electrons. The second-order valence-electron chi connectivity index (χ2n) is 6.53. The second-order valence-corrected chi connectivity index (χ2v) is 7.52. The molecule has 1 saturated heterocycles. The van der Waals surface area contributed by atoms with Crippen molar-refractivity contribution in [2.24, 2.45) is 0 Å². The van der Waals surface area contributed by atoms with Crippen LogP contribution >= 0.6 is 11.3 Å². The topological polar surface area (TPSA) is 70.9 Å². The molecular formula is C18H21N7S. The molecule has 0 spiro atoms. The highest BCUT2D eigenvalue weighted by Crippen LogP contribution is 2.27. The molecule has 3 aromatic rings. The number of rotatable bonds is 4. The highest BCUT2D eigenvalue weighted by Gasteiger charge is 2.22. The van der Waals surface area contributed by atoms with Crippen molar-refractivity contribution in [1.29, 1.82) is 0 Å². The molecule has 1 aliphatic heterocycles. The van der Waals surface area contributed by atoms with Gasteiger partial charge in [-0.05, 0) is 18.2 Å². The van der Waals surface area contributed by atoms with E-state index in [-0.39, 0.29) is 0 Å². The lowest BCUT2D eigenvalue weighted by molar-refractivity contribution is 0.636. The number of hydrogen-bond acceptors (Lipinski definition) is 8. The average Bonchev–Trinajstić information content (AvgIpc) is 3.20. The van der Waals surface area contributed by atoms with Gasteiger partial charge in [0.25, 0.3) is 0 Å². The molecule has 3 aromatic heterocycles. The fourth-order valence-electron chi connectivity index (χ4n) is 2.87. The highest BCUT2D eigenvalue weighted by atomic mass is 32.1. The predicted molar refractivity (Wildman–Crippen MR) is 104 cm³/mol. The van der Waals surface area contributed by atoms with Crippen molar-refractivity contribution in [3.05, 3.63) is 41.8 Å². The quantitative estimate of drug-likeness (QED) is 0.702. The summed E-state index contributed by atoms with van der Waals surface area (Å²) in [6.07, 6.45) is 5.39. The van der Waals surface area contributed by atoms with E-state index in [1.807, 2.05) is 24.4 Å². The van der Waals surface area contributed by atoms with Crippen molar-refractivity contribution in [2.45, 2.75) is 19.8 Å². The first-order chi connectivity index (χ1) is 12.7. The van der Waals surface area contributed by atoms with E-state index in [0.29, 0.717) is 5.92 Å². The van der Waals surface area contributed by atoms with Gasteiger partial charge in [-0.1, -0.05) is 25.2 Å². The van der Waals surface area contributed by atoms with Crippen LogP contribution in [0, 0.1) is 0 Å². The van der Waals surface area contributed by atoms with Gasteiger partial charge in [0.05, 0.1) is 5.69 Å². The van der Waals surface area contributed by atoms with Crippen LogP contribution < -0.4 is 9.80 Å². The van der Waals surface area contributed by atoms with Gasteiger partial charge >= 0.3 is 0 Å². The molecule has 4 rings (SSSR count). The molecule has 26 heavy (non-hydrogen) atoms. The monoisotopic (exact) mass is 367 g/mol. The van der Waals surface area contributed by atoms with Gasteiger partial charge in [0, 0.05) is 56.3 Å². The summed E-state index contributed by atoms with van der Waals surface area (Å²) >= 11 is 1.69. The first-order valence-corrected chi connectivity index (χ1v) is 9.59. The summed E-state index contributed by atoms with van der Waals surface area (Å²) in [7, 11) is 0. The van der Waals surface area contributed by atoms with E-state index in [1.54, 1.807) is 23.7 Å². The Balaban J connectivity index is 1.45. The Labute approximate surface area is 156 Å². The minimum absolute atomic E-state index is 0.423. The molecule has 0 aliphatic carbocycles. The Kier molecular flexibility index (Phi) is 4.75. The van der Waals surface area contributed by atoms with Gasteiger partial charge in [-0.2, -0.15) is 0 Å². The van der Waals surface area contributed by atoms with Gasteiger partial charge in [-0.15, -0.1) is 10.2 Å². The third-order valence-corrected chi connectivity index (χ3v) is 5.66. The summed E-state index contributed by atoms with van der Waals surface area (Å²) in [4.78, 5) is 17.8. The lowest BCUT2D eigenvalue weighted by atomic mass is 10.2. The minimum atomic E-state index is 0.423. The molecule has 8 heteroatoms. The molecule has 0 atom stereocenters. The minimum Gasteiger partial charge on any atom is -0.343 e. The Morgan fingerprint density at radius 3 is 2.35 bits per heavy atom. The molecule has 0 radical (unpaired) electrons. The summed E-state index contributed by atoms with van der Waals surface area (Å²) < 4.78 is 0. The van der Waals surface area contributed by atoms with Gasteiger partial charge in [0.2, 0.25) is 11.1 Å². The Bertz CT molecular complexity index is 857. The van der Waals surface area contributed by atoms with Crippen molar-refractivity contribution in [3.8, 4) is 11.3 Å². The first-order valence-electron chi connectivity index (χ1n) is 8.77. The van der Waals surface area contributed by atoms with E-state index in [9.17, 15) is 0 Å². The zero-order chi connectivity index (χ0) is 17.9. The SMILES string of the molecule is CC(C)c1nnc(N2CCN(c3nccc(-c4ccncc4)n3)CC2)s1. The fraction of sp³-hybridized carbons (Fsp3) is 0.389. The van der Waals surface area contributed by atoms with Crippen LogP contribution in [-0.2, 0) is 0 Å². The van der Waals surface area contributed by atoms with Crippen molar-refractivity contribution in [3.63, 3.8) is 0 Å². The van der Waals surface area contributed by atoms with Crippen molar-refractivity contribution in [1.82, 2.24) is 25.1 Å². The summed E-state index contributed by atoms with van der Waals surface area (Å²) in [6, 6.07) is 5.86. The molecule has 0 saturated carbocycles. The van der Waals surface area contributed by atoms with Crippen molar-refractivity contribution < 1.29 is 0 Å². The summed E-state index contributed by atoms with van der Waals surface area (Å²) in [5.41, 5.74) is 1.97. The molecule has 1 aliphatic rings. The molecule has 0 N–H and O–H groups in total. The maximum atomic E-state index is 4.73. The molecule has 4 heterocycles. The smallest absolute Gasteiger partial charge is 0.225 e. The molecule has 1 fully saturated rings. The number of aromatic nitrogens is 5. The second kappa shape index (κ2) is 7.33. The van der Waals surface area contributed by atoms with Gasteiger partial charge in [-0.3, -0.25) is 4.98 Å². The van der Waals surface area contributed by atoms with E-state index in [4.69, 9.17) is 4.98 Å². The molecule has 0 amide bonds. The van der Waals surface area contributed by atoms with Crippen LogP contribution in [0.2, 0.25) is 0 Å². The van der Waals surface area contributed by atoms with E-state index < -0.39 is 0 Å². The zero-order valence-corrected chi connectivity index (χ0v) is 15.7. The number of anilines is 2. The number of nitrogens with zero attached hydrogens (tertiary/aromatic N) is 7. The number of piperazine rings is 1. The fourth-order valence-corrected chi connectivity index (χ4v) is 3.77. The first kappa shape index (κ1) is 16.8. The van der Waals surface area contributed by atoms with E-state index in [0.717, 1.165) is 53.5 Å². The number of hydrogen-bond donors (Lipinski definition) is 0. The van der Waals surface area contributed by atoms with Crippen molar-refractivity contribution >= 4 is 22.4 Å². The molecule has 0 bridgehead atoms. The van der Waals surface area contributed by atoms with Gasteiger partial charge in [-0.25, -0.2) is 9.97 Å². The number of pyridine rings is 1. The summed E-state index contributed by atoms with van der Waals surface area (Å²) in [5, 5.41) is 10.8. The van der Waals surface area contributed by atoms with Crippen LogP contribution in [0.5, 0.6) is 0 Å². The molecule has 7 nitrogen and oxygen atoms in total. The maximum absolute atomic E-state index is 4.73. The third kappa shape index (κ3) is 3.50. The summed E-state index contributed by atoms with van der Waals surface area (Å²) in [5.74, 6) is 1.20. The van der Waals surface area contributed by atoms with E-state index in [2.05, 4.69) is 43.8 Å². The standard InChI is InChI=1S/C18H21N7S/c1-13(2)16-22-23-18(26-16)25-11-9-24(10-12-25)17-20-8-5-15(21-17)14-3-6-19-7-4-14/h3-8,13H,9-12H2,1-2H3. The molecular weight excluding hydrogens is 346 g/mol. The predicted octanol–water partition coefficient (Wildman–Crippen LogP) is 2.84. The lowest BCUT2D eigenvalue weighted by Crippen LogP contribution is -2.47. The zero-order valence-electron chi connectivity index (χ0n) is 14.9. The highest BCUT2D eigenvalue weighted by molar-refractivity contribution is 7.15. The lowest BCUT2D eigenvalue weighted by Gasteiger charge is -2.34. The van der Waals surface area contributed by atoms with Crippen LogP contribution in [-0.4, -0.2) is 51.3 Å². The Hall–Kier alpha value is -2.61. The van der Waals surface area contributed by atoms with Crippen LogP contribution in [0.3, 0.4) is 0 Å². The van der Waals surface area contributed by atoms with E-state index >= 15 is 0 Å². The van der Waals surface area contributed by atoms with Crippen LogP contribution in [0.25, 0.3) is 11.3 Å².